The number of ether oxygens (including phenoxy) is 2. The van der Waals surface area contributed by atoms with Crippen LogP contribution in [0.25, 0.3) is 0 Å². The van der Waals surface area contributed by atoms with Crippen molar-refractivity contribution in [3.8, 4) is 11.5 Å². The highest BCUT2D eigenvalue weighted by Gasteiger charge is 2.16. The second-order valence-electron chi connectivity index (χ2n) is 6.15. The van der Waals surface area contributed by atoms with E-state index in [0.29, 0.717) is 36.8 Å². The molecule has 5 heteroatoms. The standard InChI is InChI=1S/C21H26FNO3/c1-4-12-25-19-11-8-17(14-20(19)26-13-5-2)21(24)23(3)15-16-6-9-18(22)10-7-16/h6-11,14H,4-5,12-13,15H2,1-3H3. The molecule has 0 spiro atoms. The number of amides is 1. The first-order chi connectivity index (χ1) is 12.5. The molecule has 0 aliphatic carbocycles. The summed E-state index contributed by atoms with van der Waals surface area (Å²) in [5, 5.41) is 0. The van der Waals surface area contributed by atoms with E-state index in [2.05, 4.69) is 0 Å². The van der Waals surface area contributed by atoms with Gasteiger partial charge in [-0.1, -0.05) is 26.0 Å². The minimum absolute atomic E-state index is 0.127. The largest absolute Gasteiger partial charge is 0.490 e. The van der Waals surface area contributed by atoms with Crippen LogP contribution in [0.2, 0.25) is 0 Å². The maximum Gasteiger partial charge on any atom is 0.254 e. The topological polar surface area (TPSA) is 38.8 Å². The van der Waals surface area contributed by atoms with Crippen LogP contribution < -0.4 is 9.47 Å². The maximum absolute atomic E-state index is 13.0. The molecule has 0 N–H and O–H groups in total. The summed E-state index contributed by atoms with van der Waals surface area (Å²) < 4.78 is 24.5. The van der Waals surface area contributed by atoms with E-state index in [9.17, 15) is 9.18 Å². The molecule has 140 valence electrons. The number of carbonyl (C=O) groups excluding carboxylic acids is 1. The Balaban J connectivity index is 2.14. The van der Waals surface area contributed by atoms with E-state index in [1.807, 2.05) is 13.8 Å². The molecule has 2 rings (SSSR count). The minimum Gasteiger partial charge on any atom is -0.490 e. The molecule has 2 aromatic rings. The van der Waals surface area contributed by atoms with Crippen molar-refractivity contribution in [2.45, 2.75) is 33.2 Å². The smallest absolute Gasteiger partial charge is 0.254 e. The monoisotopic (exact) mass is 359 g/mol. The first-order valence-electron chi connectivity index (χ1n) is 8.94. The van der Waals surface area contributed by atoms with Crippen LogP contribution in [0.1, 0.15) is 42.6 Å². The van der Waals surface area contributed by atoms with Crippen molar-refractivity contribution in [1.29, 1.82) is 0 Å². The van der Waals surface area contributed by atoms with Crippen molar-refractivity contribution in [2.75, 3.05) is 20.3 Å². The fourth-order valence-electron chi connectivity index (χ4n) is 2.45. The van der Waals surface area contributed by atoms with Gasteiger partial charge in [-0.05, 0) is 48.7 Å². The van der Waals surface area contributed by atoms with E-state index in [4.69, 9.17) is 9.47 Å². The summed E-state index contributed by atoms with van der Waals surface area (Å²) in [4.78, 5) is 14.3. The first-order valence-corrected chi connectivity index (χ1v) is 8.94. The van der Waals surface area contributed by atoms with Crippen molar-refractivity contribution in [3.63, 3.8) is 0 Å². The molecule has 0 aromatic heterocycles. The molecule has 0 bridgehead atoms. The second-order valence-corrected chi connectivity index (χ2v) is 6.15. The van der Waals surface area contributed by atoms with Crippen molar-refractivity contribution in [1.82, 2.24) is 4.90 Å². The number of benzene rings is 2. The van der Waals surface area contributed by atoms with Crippen LogP contribution in [-0.4, -0.2) is 31.1 Å². The lowest BCUT2D eigenvalue weighted by Crippen LogP contribution is -2.26. The highest BCUT2D eigenvalue weighted by atomic mass is 19.1. The van der Waals surface area contributed by atoms with Gasteiger partial charge in [0, 0.05) is 19.2 Å². The zero-order valence-electron chi connectivity index (χ0n) is 15.6. The molecule has 0 aliphatic heterocycles. The highest BCUT2D eigenvalue weighted by Crippen LogP contribution is 2.29. The van der Waals surface area contributed by atoms with E-state index in [1.54, 1.807) is 42.3 Å². The molecule has 0 radical (unpaired) electrons. The van der Waals surface area contributed by atoms with Crippen LogP contribution in [0.15, 0.2) is 42.5 Å². The average molecular weight is 359 g/mol. The maximum atomic E-state index is 13.0. The van der Waals surface area contributed by atoms with Gasteiger partial charge in [-0.25, -0.2) is 4.39 Å². The molecule has 0 heterocycles. The molecule has 0 aliphatic rings. The molecule has 2 aromatic carbocycles. The first kappa shape index (κ1) is 19.8. The van der Waals surface area contributed by atoms with E-state index < -0.39 is 0 Å². The van der Waals surface area contributed by atoms with Gasteiger partial charge in [0.1, 0.15) is 5.82 Å². The molecule has 26 heavy (non-hydrogen) atoms. The van der Waals surface area contributed by atoms with Gasteiger partial charge in [0.25, 0.3) is 5.91 Å². The minimum atomic E-state index is -0.289. The van der Waals surface area contributed by atoms with Crippen molar-refractivity contribution in [2.24, 2.45) is 0 Å². The van der Waals surface area contributed by atoms with Crippen LogP contribution in [-0.2, 0) is 6.54 Å². The Morgan fingerprint density at radius 2 is 1.58 bits per heavy atom. The number of rotatable bonds is 9. The van der Waals surface area contributed by atoms with Crippen LogP contribution in [0.4, 0.5) is 4.39 Å². The van der Waals surface area contributed by atoms with Crippen LogP contribution >= 0.6 is 0 Å². The lowest BCUT2D eigenvalue weighted by Gasteiger charge is -2.19. The average Bonchev–Trinajstić information content (AvgIpc) is 2.66. The van der Waals surface area contributed by atoms with Crippen LogP contribution in [0.3, 0.4) is 0 Å². The fraction of sp³-hybridized carbons (Fsp3) is 0.381. The predicted octanol–water partition coefficient (Wildman–Crippen LogP) is 4.68. The van der Waals surface area contributed by atoms with Gasteiger partial charge in [-0.15, -0.1) is 0 Å². The highest BCUT2D eigenvalue weighted by molar-refractivity contribution is 5.94. The number of hydrogen-bond acceptors (Lipinski definition) is 3. The SMILES string of the molecule is CCCOc1ccc(C(=O)N(C)Cc2ccc(F)cc2)cc1OCCC. The number of halogens is 1. The Morgan fingerprint density at radius 1 is 0.962 bits per heavy atom. The molecule has 0 saturated carbocycles. The van der Waals surface area contributed by atoms with E-state index in [0.717, 1.165) is 18.4 Å². The summed E-state index contributed by atoms with van der Waals surface area (Å²) in [6.07, 6.45) is 1.77. The van der Waals surface area contributed by atoms with Gasteiger partial charge < -0.3 is 14.4 Å². The summed E-state index contributed by atoms with van der Waals surface area (Å²) >= 11 is 0. The van der Waals surface area contributed by atoms with E-state index >= 15 is 0 Å². The van der Waals surface area contributed by atoms with Gasteiger partial charge in [-0.3, -0.25) is 4.79 Å². The third-order valence-corrected chi connectivity index (χ3v) is 3.79. The molecule has 0 fully saturated rings. The van der Waals surface area contributed by atoms with E-state index in [-0.39, 0.29) is 11.7 Å². The lowest BCUT2D eigenvalue weighted by atomic mass is 10.1. The molecule has 1 amide bonds. The van der Waals surface area contributed by atoms with Crippen LogP contribution in [0, 0.1) is 5.82 Å². The summed E-state index contributed by atoms with van der Waals surface area (Å²) in [5.74, 6) is 0.820. The summed E-state index contributed by atoms with van der Waals surface area (Å²) in [6, 6.07) is 11.4. The molecule has 4 nitrogen and oxygen atoms in total. The Kier molecular flexibility index (Phi) is 7.45. The Bertz CT molecular complexity index is 716. The summed E-state index contributed by atoms with van der Waals surface area (Å²) in [7, 11) is 1.72. The number of carbonyl (C=O) groups is 1. The third kappa shape index (κ3) is 5.48. The van der Waals surface area contributed by atoms with Gasteiger partial charge in [-0.2, -0.15) is 0 Å². The Morgan fingerprint density at radius 3 is 2.19 bits per heavy atom. The summed E-state index contributed by atoms with van der Waals surface area (Å²) in [6.45, 7) is 5.62. The van der Waals surface area contributed by atoms with Crippen LogP contribution in [0.5, 0.6) is 11.5 Å². The zero-order valence-corrected chi connectivity index (χ0v) is 15.6. The van der Waals surface area contributed by atoms with Gasteiger partial charge >= 0.3 is 0 Å². The fourth-order valence-corrected chi connectivity index (χ4v) is 2.45. The zero-order chi connectivity index (χ0) is 18.9. The molecular formula is C21H26FNO3. The molecule has 0 unspecified atom stereocenters. The second kappa shape index (κ2) is 9.80. The molecule has 0 saturated heterocycles. The van der Waals surface area contributed by atoms with Crippen molar-refractivity contribution in [3.05, 3.63) is 59.4 Å². The number of hydrogen-bond donors (Lipinski definition) is 0. The Hall–Kier alpha value is -2.56. The molecule has 0 atom stereocenters. The van der Waals surface area contributed by atoms with Gasteiger partial charge in [0.15, 0.2) is 11.5 Å². The molecular weight excluding hydrogens is 333 g/mol. The lowest BCUT2D eigenvalue weighted by molar-refractivity contribution is 0.0784. The van der Waals surface area contributed by atoms with Crippen molar-refractivity contribution < 1.29 is 18.7 Å². The number of nitrogens with zero attached hydrogens (tertiary/aromatic N) is 1. The Labute approximate surface area is 154 Å². The third-order valence-electron chi connectivity index (χ3n) is 3.79. The van der Waals surface area contributed by atoms with Gasteiger partial charge in [0.2, 0.25) is 0 Å². The summed E-state index contributed by atoms with van der Waals surface area (Å²) in [5.41, 5.74) is 1.40. The normalized spacial score (nSPS) is 10.5. The quantitative estimate of drug-likeness (QED) is 0.653. The van der Waals surface area contributed by atoms with E-state index in [1.165, 1.54) is 12.1 Å². The van der Waals surface area contributed by atoms with Gasteiger partial charge in [0.05, 0.1) is 13.2 Å². The van der Waals surface area contributed by atoms with Crippen molar-refractivity contribution >= 4 is 5.91 Å². The predicted molar refractivity (Wildman–Crippen MR) is 100 cm³/mol.